The van der Waals surface area contributed by atoms with Crippen LogP contribution in [0.5, 0.6) is 0 Å². The molecule has 0 unspecified atom stereocenters. The average molecular weight is 280 g/mol. The molecule has 0 radical (unpaired) electrons. The van der Waals surface area contributed by atoms with Crippen LogP contribution in [0.15, 0.2) is 12.3 Å². The van der Waals surface area contributed by atoms with Crippen LogP contribution >= 0.6 is 0 Å². The molecule has 0 atom stereocenters. The Labute approximate surface area is 115 Å². The molecule has 0 bridgehead atoms. The van der Waals surface area contributed by atoms with E-state index >= 15 is 0 Å². The summed E-state index contributed by atoms with van der Waals surface area (Å²) in [6.07, 6.45) is 2.49. The number of nitrogens with one attached hydrogen (secondary N) is 1. The van der Waals surface area contributed by atoms with E-state index in [4.69, 9.17) is 5.73 Å². The first-order chi connectivity index (χ1) is 9.47. The highest BCUT2D eigenvalue weighted by atomic mass is 16.6. The number of nitrogens with two attached hydrogens (primary N) is 1. The Morgan fingerprint density at radius 3 is 2.60 bits per heavy atom. The van der Waals surface area contributed by atoms with Gasteiger partial charge in [-0.3, -0.25) is 24.6 Å². The standard InChI is InChI=1S/C12H16N4O4/c13-12(18)8-1-3-15(4-2-8)7-11(17)10-5-9(6-14-10)16(19)20/h5-6,8,14H,1-4,7H2,(H2,13,18). The number of H-pyrrole nitrogens is 1. The number of rotatable bonds is 5. The van der Waals surface area contributed by atoms with E-state index in [9.17, 15) is 19.7 Å². The normalized spacial score (nSPS) is 17.0. The van der Waals surface area contributed by atoms with Crippen LogP contribution in [0.1, 0.15) is 23.3 Å². The predicted octanol–water partition coefficient (Wildman–Crippen LogP) is 0.303. The highest BCUT2D eigenvalue weighted by molar-refractivity contribution is 5.96. The summed E-state index contributed by atoms with van der Waals surface area (Å²) < 4.78 is 0. The second kappa shape index (κ2) is 5.83. The van der Waals surface area contributed by atoms with Crippen molar-refractivity contribution in [3.63, 3.8) is 0 Å². The van der Waals surface area contributed by atoms with Crippen LogP contribution < -0.4 is 5.73 Å². The van der Waals surface area contributed by atoms with Gasteiger partial charge in [-0.25, -0.2) is 0 Å². The summed E-state index contributed by atoms with van der Waals surface area (Å²) in [6.45, 7) is 1.44. The maximum absolute atomic E-state index is 12.0. The molecule has 20 heavy (non-hydrogen) atoms. The Morgan fingerprint density at radius 1 is 1.45 bits per heavy atom. The van der Waals surface area contributed by atoms with E-state index in [1.165, 1.54) is 12.3 Å². The molecule has 0 spiro atoms. The number of ketones is 1. The number of carbonyl (C=O) groups is 2. The topological polar surface area (TPSA) is 122 Å². The maximum atomic E-state index is 12.0. The molecule has 0 saturated carbocycles. The number of Topliss-reactive ketones (excluding diaryl/α,β-unsaturated/α-hetero) is 1. The monoisotopic (exact) mass is 280 g/mol. The zero-order valence-electron chi connectivity index (χ0n) is 10.9. The molecule has 1 fully saturated rings. The van der Waals surface area contributed by atoms with Crippen molar-refractivity contribution in [2.45, 2.75) is 12.8 Å². The second-order valence-electron chi connectivity index (χ2n) is 4.90. The first-order valence-electron chi connectivity index (χ1n) is 6.35. The molecule has 8 nitrogen and oxygen atoms in total. The average Bonchev–Trinajstić information content (AvgIpc) is 2.89. The maximum Gasteiger partial charge on any atom is 0.287 e. The molecule has 108 valence electrons. The summed E-state index contributed by atoms with van der Waals surface area (Å²) in [5.41, 5.74) is 5.35. The molecule has 1 saturated heterocycles. The number of nitro groups is 1. The number of amides is 1. The first-order valence-corrected chi connectivity index (χ1v) is 6.35. The van der Waals surface area contributed by atoms with Gasteiger partial charge < -0.3 is 10.7 Å². The number of primary amides is 1. The molecule has 1 aliphatic heterocycles. The van der Waals surface area contributed by atoms with Crippen LogP contribution in [0.3, 0.4) is 0 Å². The van der Waals surface area contributed by atoms with Gasteiger partial charge >= 0.3 is 0 Å². The van der Waals surface area contributed by atoms with Gasteiger partial charge in [-0.2, -0.15) is 0 Å². The van der Waals surface area contributed by atoms with Crippen molar-refractivity contribution >= 4 is 17.4 Å². The lowest BCUT2D eigenvalue weighted by molar-refractivity contribution is -0.384. The number of hydrogen-bond donors (Lipinski definition) is 2. The van der Waals surface area contributed by atoms with E-state index in [-0.39, 0.29) is 35.5 Å². The molecular weight excluding hydrogens is 264 g/mol. The predicted molar refractivity (Wildman–Crippen MR) is 70.1 cm³/mol. The number of carbonyl (C=O) groups excluding carboxylic acids is 2. The fourth-order valence-electron chi connectivity index (χ4n) is 2.31. The molecular formula is C12H16N4O4. The van der Waals surface area contributed by atoms with E-state index in [2.05, 4.69) is 4.98 Å². The zero-order valence-corrected chi connectivity index (χ0v) is 10.9. The minimum Gasteiger partial charge on any atom is -0.369 e. The third-order valence-corrected chi connectivity index (χ3v) is 3.54. The van der Waals surface area contributed by atoms with Crippen molar-refractivity contribution in [1.29, 1.82) is 0 Å². The fraction of sp³-hybridized carbons (Fsp3) is 0.500. The van der Waals surface area contributed by atoms with Gasteiger partial charge in [-0.15, -0.1) is 0 Å². The van der Waals surface area contributed by atoms with Crippen molar-refractivity contribution in [1.82, 2.24) is 9.88 Å². The first kappa shape index (κ1) is 14.2. The third-order valence-electron chi connectivity index (χ3n) is 3.54. The van der Waals surface area contributed by atoms with E-state index < -0.39 is 4.92 Å². The molecule has 1 aromatic heterocycles. The van der Waals surface area contributed by atoms with Gasteiger partial charge in [-0.05, 0) is 25.9 Å². The number of nitrogens with zero attached hydrogens (tertiary/aromatic N) is 2. The molecule has 1 aromatic rings. The Hall–Kier alpha value is -2.22. The smallest absolute Gasteiger partial charge is 0.287 e. The van der Waals surface area contributed by atoms with Gasteiger partial charge in [0.1, 0.15) is 0 Å². The molecule has 8 heteroatoms. The van der Waals surface area contributed by atoms with Crippen molar-refractivity contribution in [2.24, 2.45) is 11.7 Å². The molecule has 3 N–H and O–H groups in total. The van der Waals surface area contributed by atoms with Crippen LogP contribution in [-0.4, -0.2) is 46.1 Å². The Morgan fingerprint density at radius 2 is 2.10 bits per heavy atom. The van der Waals surface area contributed by atoms with Gasteiger partial charge in [0.15, 0.2) is 5.78 Å². The van der Waals surface area contributed by atoms with Crippen molar-refractivity contribution < 1.29 is 14.5 Å². The number of aromatic nitrogens is 1. The summed E-state index contributed by atoms with van der Waals surface area (Å²) in [7, 11) is 0. The number of hydrogen-bond acceptors (Lipinski definition) is 5. The Balaban J connectivity index is 1.89. The highest BCUT2D eigenvalue weighted by Crippen LogP contribution is 2.18. The van der Waals surface area contributed by atoms with Crippen LogP contribution in [0, 0.1) is 16.0 Å². The second-order valence-corrected chi connectivity index (χ2v) is 4.90. The van der Waals surface area contributed by atoms with E-state index in [0.29, 0.717) is 25.9 Å². The molecule has 1 aliphatic rings. The lowest BCUT2D eigenvalue weighted by Crippen LogP contribution is -2.40. The molecule has 0 aliphatic carbocycles. The number of likely N-dealkylation sites (tertiary alicyclic amines) is 1. The van der Waals surface area contributed by atoms with E-state index in [0.717, 1.165) is 0 Å². The highest BCUT2D eigenvalue weighted by Gasteiger charge is 2.25. The summed E-state index contributed by atoms with van der Waals surface area (Å²) in [4.78, 5) is 37.5. The lowest BCUT2D eigenvalue weighted by atomic mass is 9.96. The summed E-state index contributed by atoms with van der Waals surface area (Å²) in [5, 5.41) is 10.5. The van der Waals surface area contributed by atoms with Gasteiger partial charge in [0.25, 0.3) is 5.69 Å². The van der Waals surface area contributed by atoms with Gasteiger partial charge in [-0.1, -0.05) is 0 Å². The van der Waals surface area contributed by atoms with Gasteiger partial charge in [0, 0.05) is 12.0 Å². The minimum absolute atomic E-state index is 0.118. The summed E-state index contributed by atoms with van der Waals surface area (Å²) in [5.74, 6) is -0.612. The fourth-order valence-corrected chi connectivity index (χ4v) is 2.31. The zero-order chi connectivity index (χ0) is 14.7. The number of piperidine rings is 1. The van der Waals surface area contributed by atoms with E-state index in [1.54, 1.807) is 0 Å². The van der Waals surface area contributed by atoms with Crippen molar-refractivity contribution in [2.75, 3.05) is 19.6 Å². The van der Waals surface area contributed by atoms with Gasteiger partial charge in [0.2, 0.25) is 5.91 Å². The van der Waals surface area contributed by atoms with Gasteiger partial charge in [0.05, 0.1) is 23.4 Å². The van der Waals surface area contributed by atoms with Crippen LogP contribution in [0.25, 0.3) is 0 Å². The van der Waals surface area contributed by atoms with Crippen molar-refractivity contribution in [3.05, 3.63) is 28.1 Å². The summed E-state index contributed by atoms with van der Waals surface area (Å²) in [6, 6.07) is 1.23. The molecule has 1 amide bonds. The molecule has 2 heterocycles. The lowest BCUT2D eigenvalue weighted by Gasteiger charge is -2.29. The Bertz CT molecular complexity index is 531. The van der Waals surface area contributed by atoms with Crippen LogP contribution in [0.2, 0.25) is 0 Å². The Kier molecular flexibility index (Phi) is 4.14. The van der Waals surface area contributed by atoms with Crippen LogP contribution in [0.4, 0.5) is 5.69 Å². The molecule has 2 rings (SSSR count). The van der Waals surface area contributed by atoms with E-state index in [1.807, 2.05) is 4.90 Å². The SMILES string of the molecule is NC(=O)C1CCN(CC(=O)c2cc([N+](=O)[O-])c[nH]2)CC1. The minimum atomic E-state index is -0.550. The van der Waals surface area contributed by atoms with Crippen LogP contribution in [-0.2, 0) is 4.79 Å². The quantitative estimate of drug-likeness (QED) is 0.456. The molecule has 0 aromatic carbocycles. The third kappa shape index (κ3) is 3.21. The largest absolute Gasteiger partial charge is 0.369 e. The summed E-state index contributed by atoms with van der Waals surface area (Å²) >= 11 is 0. The van der Waals surface area contributed by atoms with Crippen molar-refractivity contribution in [3.8, 4) is 0 Å². The number of aromatic amines is 1.